The summed E-state index contributed by atoms with van der Waals surface area (Å²) in [5.74, 6) is 0.472. The second-order valence-corrected chi connectivity index (χ2v) is 7.72. The summed E-state index contributed by atoms with van der Waals surface area (Å²) in [7, 11) is 1.48. The Hall–Kier alpha value is -2.62. The zero-order chi connectivity index (χ0) is 20.3. The summed E-state index contributed by atoms with van der Waals surface area (Å²) in [5, 5.41) is 13.6. The smallest absolute Gasteiger partial charge is 0.269 e. The van der Waals surface area contributed by atoms with Crippen LogP contribution >= 0.6 is 35.6 Å². The zero-order valence-electron chi connectivity index (χ0n) is 14.4. The highest BCUT2D eigenvalue weighted by Gasteiger charge is 2.22. The number of carbonyl (C=O) groups excluding carboxylic acids is 1. The van der Waals surface area contributed by atoms with Crippen LogP contribution in [0.25, 0.3) is 6.08 Å². The molecule has 10 heteroatoms. The van der Waals surface area contributed by atoms with Gasteiger partial charge in [-0.2, -0.15) is 0 Å². The summed E-state index contributed by atoms with van der Waals surface area (Å²) < 4.78 is 11.5. The molecule has 0 saturated carbocycles. The lowest BCUT2D eigenvalue weighted by atomic mass is 10.1. The van der Waals surface area contributed by atoms with E-state index in [9.17, 15) is 14.9 Å². The Morgan fingerprint density at radius 1 is 1.32 bits per heavy atom. The lowest BCUT2D eigenvalue weighted by Crippen LogP contribution is -2.17. The first kappa shape index (κ1) is 20.1. The van der Waals surface area contributed by atoms with Crippen molar-refractivity contribution in [3.63, 3.8) is 0 Å². The predicted octanol–water partition coefficient (Wildman–Crippen LogP) is 4.32. The second-order valence-electron chi connectivity index (χ2n) is 5.60. The number of rotatable bonds is 6. The molecular formula is C18H13ClN2O5S2. The van der Waals surface area contributed by atoms with Crippen LogP contribution in [0, 0.1) is 10.1 Å². The first-order valence-electron chi connectivity index (χ1n) is 7.86. The number of nitro benzene ring substituents is 1. The zero-order valence-corrected chi connectivity index (χ0v) is 16.8. The molecule has 1 N–H and O–H groups in total. The summed E-state index contributed by atoms with van der Waals surface area (Å²) in [5.41, 5.74) is 1.40. The highest BCUT2D eigenvalue weighted by Crippen LogP contribution is 2.38. The fourth-order valence-corrected chi connectivity index (χ4v) is 3.72. The quantitative estimate of drug-likeness (QED) is 0.312. The van der Waals surface area contributed by atoms with E-state index in [4.69, 9.17) is 33.3 Å². The Morgan fingerprint density at radius 3 is 2.61 bits per heavy atom. The fraction of sp³-hybridized carbons (Fsp3) is 0.111. The highest BCUT2D eigenvalue weighted by atomic mass is 35.5. The van der Waals surface area contributed by atoms with Gasteiger partial charge in [0.05, 0.1) is 22.0 Å². The first-order chi connectivity index (χ1) is 13.4. The minimum absolute atomic E-state index is 0.00468. The van der Waals surface area contributed by atoms with Crippen LogP contribution in [-0.2, 0) is 11.4 Å². The Morgan fingerprint density at radius 2 is 2.04 bits per heavy atom. The molecule has 1 fully saturated rings. The number of ether oxygens (including phenoxy) is 2. The van der Waals surface area contributed by atoms with Gasteiger partial charge in [0.15, 0.2) is 11.5 Å². The molecule has 1 saturated heterocycles. The number of carbonyl (C=O) groups is 1. The van der Waals surface area contributed by atoms with Crippen LogP contribution in [0.5, 0.6) is 11.5 Å². The molecule has 7 nitrogen and oxygen atoms in total. The van der Waals surface area contributed by atoms with E-state index >= 15 is 0 Å². The van der Waals surface area contributed by atoms with Crippen LogP contribution in [0.3, 0.4) is 0 Å². The SMILES string of the molecule is COc1cc(C=C2SC(=S)NC2=O)cc(Cl)c1OCc1ccc([N+](=O)[O-])cc1. The Labute approximate surface area is 174 Å². The average molecular weight is 437 g/mol. The molecule has 1 heterocycles. The molecule has 144 valence electrons. The van der Waals surface area contributed by atoms with Gasteiger partial charge in [0.25, 0.3) is 11.6 Å². The van der Waals surface area contributed by atoms with Gasteiger partial charge in [0.2, 0.25) is 0 Å². The largest absolute Gasteiger partial charge is 0.493 e. The van der Waals surface area contributed by atoms with Crippen LogP contribution in [0.2, 0.25) is 5.02 Å². The van der Waals surface area contributed by atoms with Gasteiger partial charge in [-0.1, -0.05) is 35.6 Å². The molecule has 2 aromatic carbocycles. The van der Waals surface area contributed by atoms with Gasteiger partial charge < -0.3 is 14.8 Å². The monoisotopic (exact) mass is 436 g/mol. The molecule has 28 heavy (non-hydrogen) atoms. The van der Waals surface area contributed by atoms with Crippen molar-refractivity contribution in [1.29, 1.82) is 0 Å². The van der Waals surface area contributed by atoms with E-state index in [0.29, 0.717) is 31.3 Å². The standard InChI is InChI=1S/C18H13ClN2O5S2/c1-25-14-7-11(8-15-17(22)20-18(27)28-15)6-13(19)16(14)26-9-10-2-4-12(5-3-10)21(23)24/h2-8H,9H2,1H3,(H,20,22,27). The van der Waals surface area contributed by atoms with E-state index in [1.807, 2.05) is 0 Å². The highest BCUT2D eigenvalue weighted by molar-refractivity contribution is 8.26. The molecule has 1 aliphatic heterocycles. The third-order valence-electron chi connectivity index (χ3n) is 3.72. The van der Waals surface area contributed by atoms with Crippen LogP contribution in [0.15, 0.2) is 41.3 Å². The number of halogens is 1. The number of non-ortho nitro benzene ring substituents is 1. The van der Waals surface area contributed by atoms with Crippen LogP contribution in [-0.4, -0.2) is 22.3 Å². The molecule has 0 aliphatic carbocycles. The number of amides is 1. The van der Waals surface area contributed by atoms with Gasteiger partial charge >= 0.3 is 0 Å². The van der Waals surface area contributed by atoms with Gasteiger partial charge in [-0.05, 0) is 41.5 Å². The molecule has 0 radical (unpaired) electrons. The van der Waals surface area contributed by atoms with Crippen LogP contribution < -0.4 is 14.8 Å². The van der Waals surface area contributed by atoms with E-state index in [1.165, 1.54) is 31.0 Å². The molecule has 2 aromatic rings. The summed E-state index contributed by atoms with van der Waals surface area (Å²) in [6.45, 7) is 0.154. The normalized spacial score (nSPS) is 14.9. The number of thiocarbonyl (C=S) groups is 1. The van der Waals surface area contributed by atoms with E-state index in [0.717, 1.165) is 5.56 Å². The van der Waals surface area contributed by atoms with Crippen molar-refractivity contribution in [3.8, 4) is 11.5 Å². The van der Waals surface area contributed by atoms with E-state index in [-0.39, 0.29) is 18.2 Å². The van der Waals surface area contributed by atoms with E-state index in [2.05, 4.69) is 5.32 Å². The minimum atomic E-state index is -0.465. The third-order valence-corrected chi connectivity index (χ3v) is 5.17. The van der Waals surface area contributed by atoms with Gasteiger partial charge in [0.1, 0.15) is 10.9 Å². The van der Waals surface area contributed by atoms with Crippen LogP contribution in [0.4, 0.5) is 5.69 Å². The number of benzene rings is 2. The van der Waals surface area contributed by atoms with Gasteiger partial charge in [-0.3, -0.25) is 14.9 Å². The van der Waals surface area contributed by atoms with Crippen molar-refractivity contribution in [2.24, 2.45) is 0 Å². The molecule has 0 bridgehead atoms. The molecule has 0 aromatic heterocycles. The molecular weight excluding hydrogens is 424 g/mol. The van der Waals surface area contributed by atoms with Crippen molar-refractivity contribution >= 4 is 57.6 Å². The second kappa shape index (κ2) is 8.59. The summed E-state index contributed by atoms with van der Waals surface area (Å²) in [6.07, 6.45) is 1.66. The molecule has 0 unspecified atom stereocenters. The first-order valence-corrected chi connectivity index (χ1v) is 9.46. The summed E-state index contributed by atoms with van der Waals surface area (Å²) >= 11 is 12.5. The van der Waals surface area contributed by atoms with Crippen molar-refractivity contribution < 1.29 is 19.2 Å². The number of nitro groups is 1. The topological polar surface area (TPSA) is 90.7 Å². The number of hydrogen-bond donors (Lipinski definition) is 1. The van der Waals surface area contributed by atoms with Crippen LogP contribution in [0.1, 0.15) is 11.1 Å². The maximum absolute atomic E-state index is 11.8. The third kappa shape index (κ3) is 4.61. The lowest BCUT2D eigenvalue weighted by Gasteiger charge is -2.13. The molecule has 1 aliphatic rings. The Balaban J connectivity index is 1.80. The number of methoxy groups -OCH3 is 1. The van der Waals surface area contributed by atoms with E-state index in [1.54, 1.807) is 30.3 Å². The van der Waals surface area contributed by atoms with Crippen molar-refractivity contribution in [3.05, 3.63) is 67.6 Å². The fourth-order valence-electron chi connectivity index (χ4n) is 2.40. The van der Waals surface area contributed by atoms with Crippen molar-refractivity contribution in [1.82, 2.24) is 5.32 Å². The Bertz CT molecular complexity index is 992. The van der Waals surface area contributed by atoms with Crippen molar-refractivity contribution in [2.45, 2.75) is 6.61 Å². The number of nitrogens with zero attached hydrogens (tertiary/aromatic N) is 1. The minimum Gasteiger partial charge on any atom is -0.493 e. The predicted molar refractivity (Wildman–Crippen MR) is 112 cm³/mol. The van der Waals surface area contributed by atoms with Gasteiger partial charge in [-0.15, -0.1) is 0 Å². The molecule has 0 atom stereocenters. The Kier molecular flexibility index (Phi) is 6.18. The molecule has 0 spiro atoms. The summed E-state index contributed by atoms with van der Waals surface area (Å²) in [4.78, 5) is 22.5. The van der Waals surface area contributed by atoms with Gasteiger partial charge in [-0.25, -0.2) is 0 Å². The molecule has 1 amide bonds. The number of nitrogens with one attached hydrogen (secondary N) is 1. The maximum Gasteiger partial charge on any atom is 0.269 e. The van der Waals surface area contributed by atoms with Gasteiger partial charge in [0, 0.05) is 12.1 Å². The van der Waals surface area contributed by atoms with Crippen molar-refractivity contribution in [2.75, 3.05) is 7.11 Å². The average Bonchev–Trinajstić information content (AvgIpc) is 2.97. The number of hydrogen-bond acceptors (Lipinski definition) is 7. The van der Waals surface area contributed by atoms with E-state index < -0.39 is 4.92 Å². The maximum atomic E-state index is 11.8. The number of thioether (sulfide) groups is 1. The molecule has 3 rings (SSSR count). The summed E-state index contributed by atoms with van der Waals surface area (Å²) in [6, 6.07) is 9.37. The lowest BCUT2D eigenvalue weighted by molar-refractivity contribution is -0.384.